The van der Waals surface area contributed by atoms with Crippen LogP contribution in [0.15, 0.2) is 48.5 Å². The molecule has 154 valence electrons. The van der Waals surface area contributed by atoms with Crippen molar-refractivity contribution in [1.29, 1.82) is 0 Å². The highest BCUT2D eigenvalue weighted by Crippen LogP contribution is 2.23. The number of amides is 2. The quantitative estimate of drug-likeness (QED) is 0.669. The molecule has 2 rings (SSSR count). The van der Waals surface area contributed by atoms with Crippen LogP contribution in [0.25, 0.3) is 0 Å². The number of benzene rings is 2. The highest BCUT2D eigenvalue weighted by atomic mass is 35.5. The van der Waals surface area contributed by atoms with Gasteiger partial charge < -0.3 is 15.4 Å². The second kappa shape index (κ2) is 10.1. The van der Waals surface area contributed by atoms with Crippen molar-refractivity contribution < 1.29 is 19.1 Å². The molecule has 0 aliphatic rings. The van der Waals surface area contributed by atoms with Crippen LogP contribution in [0, 0.1) is 0 Å². The molecule has 0 saturated heterocycles. The molecule has 7 heteroatoms. The lowest BCUT2D eigenvalue weighted by molar-refractivity contribution is -0.147. The van der Waals surface area contributed by atoms with Crippen LogP contribution in [0.2, 0.25) is 5.02 Å². The molecule has 0 aromatic heterocycles. The molecule has 2 aromatic carbocycles. The number of nitrogens with one attached hydrogen (secondary N) is 2. The largest absolute Gasteiger partial charge is 0.456 e. The van der Waals surface area contributed by atoms with Crippen LogP contribution in [0.1, 0.15) is 43.1 Å². The van der Waals surface area contributed by atoms with E-state index in [-0.39, 0.29) is 30.9 Å². The third-order valence-electron chi connectivity index (χ3n) is 4.12. The normalized spacial score (nSPS) is 10.9. The molecule has 0 heterocycles. The predicted octanol–water partition coefficient (Wildman–Crippen LogP) is 3.94. The first-order chi connectivity index (χ1) is 13.6. The van der Waals surface area contributed by atoms with E-state index in [4.69, 9.17) is 16.3 Å². The van der Waals surface area contributed by atoms with E-state index < -0.39 is 11.9 Å². The molecule has 0 atom stereocenters. The van der Waals surface area contributed by atoms with Gasteiger partial charge in [0.2, 0.25) is 0 Å². The van der Waals surface area contributed by atoms with Gasteiger partial charge in [-0.3, -0.25) is 14.4 Å². The van der Waals surface area contributed by atoms with Gasteiger partial charge in [0.1, 0.15) is 0 Å². The molecule has 0 spiro atoms. The fourth-order valence-corrected chi connectivity index (χ4v) is 2.58. The number of hydrogen-bond donors (Lipinski definition) is 2. The van der Waals surface area contributed by atoms with Crippen LogP contribution >= 0.6 is 11.6 Å². The second-order valence-corrected chi connectivity index (χ2v) is 7.99. The Morgan fingerprint density at radius 1 is 0.966 bits per heavy atom. The molecule has 29 heavy (non-hydrogen) atoms. The Morgan fingerprint density at radius 3 is 2.17 bits per heavy atom. The molecule has 2 amide bonds. The van der Waals surface area contributed by atoms with Gasteiger partial charge >= 0.3 is 5.97 Å². The zero-order chi connectivity index (χ0) is 21.4. The maximum absolute atomic E-state index is 11.9. The SMILES string of the molecule is CC(C)(C)c1ccc(NC(=O)COC(=O)CCNC(=O)c2ccc(Cl)cc2)cc1. The summed E-state index contributed by atoms with van der Waals surface area (Å²) in [5.74, 6) is -1.31. The standard InChI is InChI=1S/C22H25ClN2O4/c1-22(2,3)16-6-10-18(11-7-16)25-19(26)14-29-20(27)12-13-24-21(28)15-4-8-17(23)9-5-15/h4-11H,12-14H2,1-3H3,(H,24,28)(H,25,26). The van der Waals surface area contributed by atoms with Gasteiger partial charge in [0, 0.05) is 22.8 Å². The summed E-state index contributed by atoms with van der Waals surface area (Å²) in [4.78, 5) is 35.6. The Balaban J connectivity index is 1.68. The monoisotopic (exact) mass is 416 g/mol. The average molecular weight is 417 g/mol. The minimum atomic E-state index is -0.570. The van der Waals surface area contributed by atoms with Gasteiger partial charge in [-0.1, -0.05) is 44.5 Å². The highest BCUT2D eigenvalue weighted by Gasteiger charge is 2.14. The van der Waals surface area contributed by atoms with Crippen molar-refractivity contribution in [3.05, 3.63) is 64.7 Å². The molecule has 0 bridgehead atoms. The third-order valence-corrected chi connectivity index (χ3v) is 4.37. The number of esters is 1. The lowest BCUT2D eigenvalue weighted by atomic mass is 9.87. The van der Waals surface area contributed by atoms with E-state index in [1.54, 1.807) is 24.3 Å². The Hall–Kier alpha value is -2.86. The number of ether oxygens (including phenoxy) is 1. The Labute approximate surface area is 175 Å². The highest BCUT2D eigenvalue weighted by molar-refractivity contribution is 6.30. The smallest absolute Gasteiger partial charge is 0.308 e. The van der Waals surface area contributed by atoms with Crippen molar-refractivity contribution in [3.63, 3.8) is 0 Å². The molecule has 2 N–H and O–H groups in total. The van der Waals surface area contributed by atoms with E-state index >= 15 is 0 Å². The van der Waals surface area contributed by atoms with Crippen molar-refractivity contribution >= 4 is 35.1 Å². The molecular formula is C22H25ClN2O4. The summed E-state index contributed by atoms with van der Waals surface area (Å²) in [6.07, 6.45) is -0.0348. The minimum absolute atomic E-state index is 0.0288. The molecule has 0 fully saturated rings. The molecular weight excluding hydrogens is 392 g/mol. The first-order valence-corrected chi connectivity index (χ1v) is 9.63. The Morgan fingerprint density at radius 2 is 1.59 bits per heavy atom. The van der Waals surface area contributed by atoms with Crippen molar-refractivity contribution in [1.82, 2.24) is 5.32 Å². The van der Waals surface area contributed by atoms with Crippen molar-refractivity contribution in [2.24, 2.45) is 0 Å². The molecule has 0 unspecified atom stereocenters. The van der Waals surface area contributed by atoms with E-state index in [9.17, 15) is 14.4 Å². The van der Waals surface area contributed by atoms with E-state index in [2.05, 4.69) is 31.4 Å². The molecule has 2 aromatic rings. The average Bonchev–Trinajstić information content (AvgIpc) is 2.66. The van der Waals surface area contributed by atoms with Crippen molar-refractivity contribution in [2.75, 3.05) is 18.5 Å². The third kappa shape index (κ3) is 7.58. The zero-order valence-corrected chi connectivity index (χ0v) is 17.5. The number of hydrogen-bond acceptors (Lipinski definition) is 4. The summed E-state index contributed by atoms with van der Waals surface area (Å²) < 4.78 is 4.94. The van der Waals surface area contributed by atoms with E-state index in [1.165, 1.54) is 0 Å². The van der Waals surface area contributed by atoms with Crippen molar-refractivity contribution in [2.45, 2.75) is 32.6 Å². The topological polar surface area (TPSA) is 84.5 Å². The van der Waals surface area contributed by atoms with Gasteiger partial charge in [-0.25, -0.2) is 0 Å². The Kier molecular flexibility index (Phi) is 7.79. The van der Waals surface area contributed by atoms with E-state index in [1.807, 2.05) is 24.3 Å². The minimum Gasteiger partial charge on any atom is -0.456 e. The molecule has 6 nitrogen and oxygen atoms in total. The van der Waals surface area contributed by atoms with Crippen LogP contribution in [0.4, 0.5) is 5.69 Å². The molecule has 0 saturated carbocycles. The number of anilines is 1. The summed E-state index contributed by atoms with van der Waals surface area (Å²) in [5.41, 5.74) is 2.26. The van der Waals surface area contributed by atoms with E-state index in [0.29, 0.717) is 16.3 Å². The fraction of sp³-hybridized carbons (Fsp3) is 0.318. The summed E-state index contributed by atoms with van der Waals surface area (Å²) in [6, 6.07) is 13.9. The van der Waals surface area contributed by atoms with Crippen LogP contribution in [0.3, 0.4) is 0 Å². The van der Waals surface area contributed by atoms with Crippen molar-refractivity contribution in [3.8, 4) is 0 Å². The lowest BCUT2D eigenvalue weighted by Crippen LogP contribution is -2.27. The number of carbonyl (C=O) groups is 3. The number of rotatable bonds is 7. The van der Waals surface area contributed by atoms with Gasteiger partial charge in [-0.15, -0.1) is 0 Å². The van der Waals surface area contributed by atoms with E-state index in [0.717, 1.165) is 5.56 Å². The first-order valence-electron chi connectivity index (χ1n) is 9.25. The molecule has 0 radical (unpaired) electrons. The maximum atomic E-state index is 11.9. The predicted molar refractivity (Wildman–Crippen MR) is 113 cm³/mol. The maximum Gasteiger partial charge on any atom is 0.308 e. The summed E-state index contributed by atoms with van der Waals surface area (Å²) >= 11 is 5.77. The Bertz CT molecular complexity index is 856. The molecule has 0 aliphatic carbocycles. The van der Waals surface area contributed by atoms with Gasteiger partial charge in [-0.05, 0) is 47.4 Å². The van der Waals surface area contributed by atoms with Gasteiger partial charge in [0.25, 0.3) is 11.8 Å². The number of halogens is 1. The van der Waals surface area contributed by atoms with Gasteiger partial charge in [-0.2, -0.15) is 0 Å². The van der Waals surface area contributed by atoms with Gasteiger partial charge in [0.15, 0.2) is 6.61 Å². The van der Waals surface area contributed by atoms with Crippen LogP contribution < -0.4 is 10.6 Å². The van der Waals surface area contributed by atoms with Gasteiger partial charge in [0.05, 0.1) is 6.42 Å². The lowest BCUT2D eigenvalue weighted by Gasteiger charge is -2.19. The van der Waals surface area contributed by atoms with Crippen LogP contribution in [-0.2, 0) is 19.7 Å². The first kappa shape index (κ1) is 22.4. The zero-order valence-electron chi connectivity index (χ0n) is 16.8. The van der Waals surface area contributed by atoms with Crippen LogP contribution in [-0.4, -0.2) is 30.9 Å². The summed E-state index contributed by atoms with van der Waals surface area (Å²) in [5, 5.41) is 5.83. The van der Waals surface area contributed by atoms with Crippen LogP contribution in [0.5, 0.6) is 0 Å². The summed E-state index contributed by atoms with van der Waals surface area (Å²) in [6.45, 7) is 6.05. The fourth-order valence-electron chi connectivity index (χ4n) is 2.45. The molecule has 0 aliphatic heterocycles. The summed E-state index contributed by atoms with van der Waals surface area (Å²) in [7, 11) is 0. The second-order valence-electron chi connectivity index (χ2n) is 7.55. The number of carbonyl (C=O) groups excluding carboxylic acids is 3.